The summed E-state index contributed by atoms with van der Waals surface area (Å²) in [6.07, 6.45) is 2.18. The van der Waals surface area contributed by atoms with E-state index >= 15 is 0 Å². The summed E-state index contributed by atoms with van der Waals surface area (Å²) in [4.78, 5) is 12.4. The van der Waals surface area contributed by atoms with Crippen LogP contribution < -0.4 is 11.1 Å². The van der Waals surface area contributed by atoms with Crippen molar-refractivity contribution in [3.8, 4) is 0 Å². The largest absolute Gasteiger partial charge is 0.481 e. The number of amides is 1. The van der Waals surface area contributed by atoms with Gasteiger partial charge < -0.3 is 25.1 Å². The first kappa shape index (κ1) is 22.8. The van der Waals surface area contributed by atoms with E-state index in [0.29, 0.717) is 6.42 Å². The van der Waals surface area contributed by atoms with Gasteiger partial charge in [-0.25, -0.2) is 4.39 Å². The van der Waals surface area contributed by atoms with Crippen LogP contribution in [0.25, 0.3) is 0 Å². The molecule has 0 spiro atoms. The molecule has 0 aromatic heterocycles. The third kappa shape index (κ3) is 5.76. The molecule has 0 radical (unpaired) electrons. The van der Waals surface area contributed by atoms with E-state index in [-0.39, 0.29) is 24.3 Å². The molecule has 1 aromatic carbocycles. The number of carbonyl (C=O) groups excluding carboxylic acids is 1. The van der Waals surface area contributed by atoms with Gasteiger partial charge in [0.05, 0.1) is 23.8 Å². The number of ether oxygens (including phenoxy) is 1. The van der Waals surface area contributed by atoms with Crippen LogP contribution in [0.4, 0.5) is 4.39 Å². The van der Waals surface area contributed by atoms with Gasteiger partial charge in [0.1, 0.15) is 11.9 Å². The molecule has 1 heterocycles. The van der Waals surface area contributed by atoms with E-state index in [4.69, 9.17) is 19.8 Å². The Morgan fingerprint density at radius 1 is 1.21 bits per heavy atom. The SMILES string of the molecule is COCC(N)C(=O)N[C@@H](CCCc1ccc(F)cc1)B1OC(C)(C)C(C)(C)O1. The third-order valence-electron chi connectivity index (χ3n) is 5.50. The molecule has 1 amide bonds. The quantitative estimate of drug-likeness (QED) is 0.628. The molecule has 0 bridgehead atoms. The molecule has 156 valence electrons. The van der Waals surface area contributed by atoms with Gasteiger partial charge in [-0.3, -0.25) is 4.79 Å². The molecule has 3 N–H and O–H groups in total. The van der Waals surface area contributed by atoms with Gasteiger partial charge in [0.25, 0.3) is 0 Å². The van der Waals surface area contributed by atoms with Crippen LogP contribution in [0.5, 0.6) is 0 Å². The Hall–Kier alpha value is -1.48. The van der Waals surface area contributed by atoms with Crippen molar-refractivity contribution in [3.63, 3.8) is 0 Å². The minimum absolute atomic E-state index is 0.136. The van der Waals surface area contributed by atoms with Gasteiger partial charge in [-0.1, -0.05) is 12.1 Å². The van der Waals surface area contributed by atoms with E-state index in [1.54, 1.807) is 12.1 Å². The Labute approximate surface area is 167 Å². The number of hydrogen-bond acceptors (Lipinski definition) is 5. The first-order valence-electron chi connectivity index (χ1n) is 9.71. The highest BCUT2D eigenvalue weighted by Gasteiger charge is 2.54. The van der Waals surface area contributed by atoms with Crippen molar-refractivity contribution in [2.45, 2.75) is 70.1 Å². The number of rotatable bonds is 9. The van der Waals surface area contributed by atoms with Crippen molar-refractivity contribution < 1.29 is 23.2 Å². The molecule has 1 aliphatic rings. The van der Waals surface area contributed by atoms with Crippen molar-refractivity contribution in [1.82, 2.24) is 5.32 Å². The molecule has 1 fully saturated rings. The van der Waals surface area contributed by atoms with Crippen LogP contribution in [0.15, 0.2) is 24.3 Å². The molecule has 2 rings (SSSR count). The lowest BCUT2D eigenvalue weighted by Crippen LogP contribution is -2.53. The number of halogens is 1. The molecule has 8 heteroatoms. The topological polar surface area (TPSA) is 82.8 Å². The van der Waals surface area contributed by atoms with E-state index in [0.717, 1.165) is 18.4 Å². The van der Waals surface area contributed by atoms with Gasteiger partial charge in [-0.2, -0.15) is 0 Å². The van der Waals surface area contributed by atoms with Crippen molar-refractivity contribution in [3.05, 3.63) is 35.6 Å². The second-order valence-electron chi connectivity index (χ2n) is 8.32. The number of methoxy groups -OCH3 is 1. The number of hydrogen-bond donors (Lipinski definition) is 2. The molecular weight excluding hydrogens is 362 g/mol. The number of benzene rings is 1. The predicted molar refractivity (Wildman–Crippen MR) is 107 cm³/mol. The third-order valence-corrected chi connectivity index (χ3v) is 5.50. The molecule has 1 aromatic rings. The van der Waals surface area contributed by atoms with Crippen molar-refractivity contribution >= 4 is 13.0 Å². The highest BCUT2D eigenvalue weighted by Crippen LogP contribution is 2.38. The highest BCUT2D eigenvalue weighted by atomic mass is 19.1. The van der Waals surface area contributed by atoms with Crippen LogP contribution >= 0.6 is 0 Å². The zero-order chi connectivity index (χ0) is 20.9. The zero-order valence-electron chi connectivity index (χ0n) is 17.5. The highest BCUT2D eigenvalue weighted by molar-refractivity contribution is 6.48. The van der Waals surface area contributed by atoms with E-state index in [9.17, 15) is 9.18 Å². The molecular formula is C20H32BFN2O4. The van der Waals surface area contributed by atoms with Crippen LogP contribution in [0.1, 0.15) is 46.1 Å². The first-order valence-corrected chi connectivity index (χ1v) is 9.71. The summed E-state index contributed by atoms with van der Waals surface area (Å²) in [7, 11) is 0.929. The Bertz CT molecular complexity index is 638. The van der Waals surface area contributed by atoms with E-state index < -0.39 is 24.4 Å². The van der Waals surface area contributed by atoms with Gasteiger partial charge >= 0.3 is 7.12 Å². The molecule has 0 aliphatic carbocycles. The van der Waals surface area contributed by atoms with Crippen LogP contribution in [0.3, 0.4) is 0 Å². The minimum atomic E-state index is -0.757. The fourth-order valence-electron chi connectivity index (χ4n) is 3.05. The average molecular weight is 394 g/mol. The summed E-state index contributed by atoms with van der Waals surface area (Å²) < 4.78 is 30.3. The fraction of sp³-hybridized carbons (Fsp3) is 0.650. The van der Waals surface area contributed by atoms with Gasteiger partial charge in [-0.15, -0.1) is 0 Å². The summed E-state index contributed by atoms with van der Waals surface area (Å²) in [5.41, 5.74) is 5.91. The Morgan fingerprint density at radius 2 is 1.79 bits per heavy atom. The summed E-state index contributed by atoms with van der Waals surface area (Å²) in [6, 6.07) is 5.68. The molecule has 6 nitrogen and oxygen atoms in total. The molecule has 1 aliphatic heterocycles. The normalized spacial score (nSPS) is 20.0. The van der Waals surface area contributed by atoms with Crippen molar-refractivity contribution in [2.75, 3.05) is 13.7 Å². The smallest absolute Gasteiger partial charge is 0.402 e. The lowest BCUT2D eigenvalue weighted by Gasteiger charge is -2.32. The van der Waals surface area contributed by atoms with Crippen LogP contribution in [0.2, 0.25) is 0 Å². The van der Waals surface area contributed by atoms with Crippen LogP contribution in [-0.2, 0) is 25.3 Å². The van der Waals surface area contributed by atoms with E-state index in [2.05, 4.69) is 5.32 Å². The Morgan fingerprint density at radius 3 is 2.32 bits per heavy atom. The zero-order valence-corrected chi connectivity index (χ0v) is 17.5. The maximum atomic E-state index is 13.1. The second-order valence-corrected chi connectivity index (χ2v) is 8.32. The summed E-state index contributed by atoms with van der Waals surface area (Å²) in [5, 5.41) is 2.96. The van der Waals surface area contributed by atoms with Crippen LogP contribution in [-0.4, -0.2) is 49.9 Å². The number of nitrogens with two attached hydrogens (primary N) is 1. The molecule has 2 atom stereocenters. The summed E-state index contributed by atoms with van der Waals surface area (Å²) in [6.45, 7) is 8.03. The molecule has 28 heavy (non-hydrogen) atoms. The standard InChI is InChI=1S/C20H32BFN2O4/c1-19(2)20(3,4)28-21(27-19)17(24-18(25)16(23)13-26-5)8-6-7-14-9-11-15(22)12-10-14/h9-12,16-17H,6-8,13,23H2,1-5H3,(H,24,25)/t16?,17-/m0/s1. The molecule has 0 saturated carbocycles. The molecule has 1 saturated heterocycles. The van der Waals surface area contributed by atoms with Gasteiger partial charge in [0.2, 0.25) is 5.91 Å². The minimum Gasteiger partial charge on any atom is -0.402 e. The summed E-state index contributed by atoms with van der Waals surface area (Å²) in [5.74, 6) is -0.904. The van der Waals surface area contributed by atoms with Crippen molar-refractivity contribution in [1.29, 1.82) is 0 Å². The number of aryl methyl sites for hydroxylation is 1. The van der Waals surface area contributed by atoms with Gasteiger partial charge in [0.15, 0.2) is 0 Å². The maximum absolute atomic E-state index is 13.1. The Kier molecular flexibility index (Phi) is 7.62. The van der Waals surface area contributed by atoms with Gasteiger partial charge in [0, 0.05) is 7.11 Å². The monoisotopic (exact) mass is 394 g/mol. The summed E-state index contributed by atoms with van der Waals surface area (Å²) >= 11 is 0. The van der Waals surface area contributed by atoms with Gasteiger partial charge in [-0.05, 0) is 64.7 Å². The maximum Gasteiger partial charge on any atom is 0.481 e. The lowest BCUT2D eigenvalue weighted by molar-refractivity contribution is -0.123. The Balaban J connectivity index is 2.03. The average Bonchev–Trinajstić information content (AvgIpc) is 2.83. The first-order chi connectivity index (χ1) is 13.1. The number of nitrogens with one attached hydrogen (secondary N) is 1. The fourth-order valence-corrected chi connectivity index (χ4v) is 3.05. The van der Waals surface area contributed by atoms with Crippen LogP contribution in [0, 0.1) is 5.82 Å². The predicted octanol–water partition coefficient (Wildman–Crippen LogP) is 2.24. The number of carbonyl (C=O) groups is 1. The van der Waals surface area contributed by atoms with Crippen molar-refractivity contribution in [2.24, 2.45) is 5.73 Å². The lowest BCUT2D eigenvalue weighted by atomic mass is 9.75. The molecule has 1 unspecified atom stereocenters. The van der Waals surface area contributed by atoms with E-state index in [1.165, 1.54) is 19.2 Å². The van der Waals surface area contributed by atoms with E-state index in [1.807, 2.05) is 27.7 Å². The second kappa shape index (κ2) is 9.35.